The van der Waals surface area contributed by atoms with E-state index in [0.717, 1.165) is 18.5 Å². The molecule has 1 nitrogen and oxygen atoms in total. The van der Waals surface area contributed by atoms with Gasteiger partial charge >= 0.3 is 0 Å². The molecule has 0 N–H and O–H groups in total. The van der Waals surface area contributed by atoms with Crippen molar-refractivity contribution in [1.29, 1.82) is 0 Å². The van der Waals surface area contributed by atoms with Crippen molar-refractivity contribution in [1.82, 2.24) is 4.90 Å². The Morgan fingerprint density at radius 1 is 1.24 bits per heavy atom. The summed E-state index contributed by atoms with van der Waals surface area (Å²) in [4.78, 5) is 4.10. The maximum Gasteiger partial charge on any atom is 0.0701 e. The minimum Gasteiger partial charge on any atom is -0.295 e. The highest BCUT2D eigenvalue weighted by Crippen LogP contribution is 2.25. The lowest BCUT2D eigenvalue weighted by atomic mass is 10.1. The fourth-order valence-corrected chi connectivity index (χ4v) is 3.76. The number of hydrogen-bond donors (Lipinski definition) is 0. The molecule has 0 unspecified atom stereocenters. The molecule has 1 aromatic rings. The molecule has 0 saturated heterocycles. The number of rotatable bonds is 7. The quantitative estimate of drug-likeness (QED) is 0.671. The molecule has 0 aliphatic carbocycles. The van der Waals surface area contributed by atoms with Gasteiger partial charge in [-0.15, -0.1) is 11.3 Å². The summed E-state index contributed by atoms with van der Waals surface area (Å²) in [5.41, 5.74) is 0. The molecule has 0 amide bonds. The maximum absolute atomic E-state index is 3.54. The average molecular weight is 318 g/mol. The van der Waals surface area contributed by atoms with Crippen LogP contribution in [0.15, 0.2) is 15.9 Å². The van der Waals surface area contributed by atoms with Gasteiger partial charge in [-0.1, -0.05) is 27.7 Å². The monoisotopic (exact) mass is 317 g/mol. The molecule has 0 bridgehead atoms. The zero-order chi connectivity index (χ0) is 12.8. The Hall–Kier alpha value is 0.140. The van der Waals surface area contributed by atoms with Crippen LogP contribution in [0.25, 0.3) is 0 Å². The van der Waals surface area contributed by atoms with Crippen LogP contribution in [0.3, 0.4) is 0 Å². The molecule has 0 aromatic carbocycles. The standard InChI is InChI=1S/C14H24BrNS/c1-5-12(6-2)16(9-11(3)4)10-13-7-8-14(15)17-13/h7-8,11-12H,5-6,9-10H2,1-4H3. The van der Waals surface area contributed by atoms with E-state index in [1.54, 1.807) is 0 Å². The molecular weight excluding hydrogens is 294 g/mol. The highest BCUT2D eigenvalue weighted by molar-refractivity contribution is 9.11. The fraction of sp³-hybridized carbons (Fsp3) is 0.714. The number of nitrogens with zero attached hydrogens (tertiary/aromatic N) is 1. The Morgan fingerprint density at radius 2 is 1.88 bits per heavy atom. The van der Waals surface area contributed by atoms with Gasteiger partial charge < -0.3 is 0 Å². The van der Waals surface area contributed by atoms with E-state index < -0.39 is 0 Å². The average Bonchev–Trinajstić information content (AvgIpc) is 2.65. The number of halogens is 1. The molecule has 17 heavy (non-hydrogen) atoms. The Bertz CT molecular complexity index is 318. The maximum atomic E-state index is 3.54. The molecule has 0 fully saturated rings. The molecule has 0 saturated carbocycles. The summed E-state index contributed by atoms with van der Waals surface area (Å²) in [6.07, 6.45) is 2.49. The lowest BCUT2D eigenvalue weighted by Gasteiger charge is -2.31. The molecule has 1 rings (SSSR count). The molecule has 98 valence electrons. The van der Waals surface area contributed by atoms with Crippen LogP contribution in [0.4, 0.5) is 0 Å². The first-order valence-corrected chi connectivity index (χ1v) is 8.16. The number of thiophene rings is 1. The van der Waals surface area contributed by atoms with Crippen LogP contribution >= 0.6 is 27.3 Å². The summed E-state index contributed by atoms with van der Waals surface area (Å²) in [5.74, 6) is 0.735. The van der Waals surface area contributed by atoms with Crippen LogP contribution in [-0.4, -0.2) is 17.5 Å². The summed E-state index contributed by atoms with van der Waals surface area (Å²) in [7, 11) is 0. The van der Waals surface area contributed by atoms with E-state index in [2.05, 4.69) is 60.7 Å². The fourth-order valence-electron chi connectivity index (χ4n) is 2.25. The van der Waals surface area contributed by atoms with Crippen LogP contribution in [-0.2, 0) is 6.54 Å². The summed E-state index contributed by atoms with van der Waals surface area (Å²) in [6.45, 7) is 11.5. The van der Waals surface area contributed by atoms with Crippen molar-refractivity contribution in [2.24, 2.45) is 5.92 Å². The first-order chi connectivity index (χ1) is 8.06. The van der Waals surface area contributed by atoms with Gasteiger partial charge in [0.2, 0.25) is 0 Å². The molecule has 1 heterocycles. The Balaban J connectivity index is 2.68. The summed E-state index contributed by atoms with van der Waals surface area (Å²) >= 11 is 5.40. The predicted octanol–water partition coefficient (Wildman–Crippen LogP) is 5.16. The van der Waals surface area contributed by atoms with Crippen LogP contribution in [0.2, 0.25) is 0 Å². The molecule has 0 atom stereocenters. The Labute approximate surface area is 118 Å². The van der Waals surface area contributed by atoms with E-state index in [0.29, 0.717) is 0 Å². The van der Waals surface area contributed by atoms with E-state index in [9.17, 15) is 0 Å². The summed E-state index contributed by atoms with van der Waals surface area (Å²) < 4.78 is 1.24. The van der Waals surface area contributed by atoms with Crippen molar-refractivity contribution in [2.75, 3.05) is 6.54 Å². The molecule has 0 aliphatic heterocycles. The van der Waals surface area contributed by atoms with Gasteiger partial charge in [0.25, 0.3) is 0 Å². The van der Waals surface area contributed by atoms with Crippen LogP contribution < -0.4 is 0 Å². The van der Waals surface area contributed by atoms with Gasteiger partial charge in [-0.05, 0) is 46.8 Å². The van der Waals surface area contributed by atoms with E-state index in [4.69, 9.17) is 0 Å². The largest absolute Gasteiger partial charge is 0.295 e. The zero-order valence-corrected chi connectivity index (χ0v) is 13.8. The third-order valence-electron chi connectivity index (χ3n) is 3.05. The topological polar surface area (TPSA) is 3.24 Å². The second kappa shape index (κ2) is 7.55. The SMILES string of the molecule is CCC(CC)N(Cc1ccc(Br)s1)CC(C)C. The smallest absolute Gasteiger partial charge is 0.0701 e. The first-order valence-electron chi connectivity index (χ1n) is 6.55. The third-order valence-corrected chi connectivity index (χ3v) is 4.65. The van der Waals surface area contributed by atoms with Crippen LogP contribution in [0.5, 0.6) is 0 Å². The minimum atomic E-state index is 0.721. The van der Waals surface area contributed by atoms with Gasteiger partial charge in [0, 0.05) is 24.0 Å². The molecule has 3 heteroatoms. The number of hydrogen-bond acceptors (Lipinski definition) is 2. The van der Waals surface area contributed by atoms with Crippen molar-refractivity contribution >= 4 is 27.3 Å². The van der Waals surface area contributed by atoms with Gasteiger partial charge in [0.05, 0.1) is 3.79 Å². The minimum absolute atomic E-state index is 0.721. The van der Waals surface area contributed by atoms with Crippen molar-refractivity contribution in [2.45, 2.75) is 53.1 Å². The van der Waals surface area contributed by atoms with Crippen molar-refractivity contribution < 1.29 is 0 Å². The highest BCUT2D eigenvalue weighted by atomic mass is 79.9. The van der Waals surface area contributed by atoms with E-state index in [1.807, 2.05) is 11.3 Å². The molecule has 0 aliphatic rings. The van der Waals surface area contributed by atoms with Gasteiger partial charge in [-0.25, -0.2) is 0 Å². The normalized spacial score (nSPS) is 12.0. The second-order valence-corrected chi connectivity index (χ2v) is 7.55. The van der Waals surface area contributed by atoms with Gasteiger partial charge in [0.15, 0.2) is 0 Å². The Kier molecular flexibility index (Phi) is 6.75. The van der Waals surface area contributed by atoms with Crippen LogP contribution in [0, 0.1) is 5.92 Å². The van der Waals surface area contributed by atoms with E-state index >= 15 is 0 Å². The molecule has 0 radical (unpaired) electrons. The first kappa shape index (κ1) is 15.2. The van der Waals surface area contributed by atoms with Gasteiger partial charge in [-0.2, -0.15) is 0 Å². The van der Waals surface area contributed by atoms with Crippen molar-refractivity contribution in [3.8, 4) is 0 Å². The molecule has 1 aromatic heterocycles. The zero-order valence-electron chi connectivity index (χ0n) is 11.4. The Morgan fingerprint density at radius 3 is 2.29 bits per heavy atom. The third kappa shape index (κ3) is 5.11. The highest BCUT2D eigenvalue weighted by Gasteiger charge is 2.17. The second-order valence-electron chi connectivity index (χ2n) is 5.00. The summed E-state index contributed by atoms with van der Waals surface area (Å²) in [5, 5.41) is 0. The van der Waals surface area contributed by atoms with E-state index in [1.165, 1.54) is 28.0 Å². The van der Waals surface area contributed by atoms with Gasteiger partial charge in [-0.3, -0.25) is 4.90 Å². The summed E-state index contributed by atoms with van der Waals surface area (Å²) in [6, 6.07) is 5.11. The van der Waals surface area contributed by atoms with Gasteiger partial charge in [0.1, 0.15) is 0 Å². The lowest BCUT2D eigenvalue weighted by molar-refractivity contribution is 0.159. The van der Waals surface area contributed by atoms with Crippen LogP contribution in [0.1, 0.15) is 45.4 Å². The lowest BCUT2D eigenvalue weighted by Crippen LogP contribution is -2.36. The molecule has 0 spiro atoms. The molecular formula is C14H24BrNS. The van der Waals surface area contributed by atoms with Crippen molar-refractivity contribution in [3.05, 3.63) is 20.8 Å². The van der Waals surface area contributed by atoms with E-state index in [-0.39, 0.29) is 0 Å². The predicted molar refractivity (Wildman–Crippen MR) is 81.6 cm³/mol. The van der Waals surface area contributed by atoms with Crippen molar-refractivity contribution in [3.63, 3.8) is 0 Å².